The standard InChI is InChI=1S/C34H38O6/c1-35-29-19-25(20-30(36-2)33(29)39-5)9-7-23-11-15-27(16-12-23)28-17-13-24(14-18-28)8-10-26-21-31(37-3)34(40-6)32(22-26)38-4/h11-22H,7-10H2,1-6H3. The van der Waals surface area contributed by atoms with Gasteiger partial charge >= 0.3 is 0 Å². The van der Waals surface area contributed by atoms with Crippen LogP contribution in [0.5, 0.6) is 34.5 Å². The molecule has 0 aliphatic carbocycles. The summed E-state index contributed by atoms with van der Waals surface area (Å²) in [5, 5.41) is 0. The highest BCUT2D eigenvalue weighted by Gasteiger charge is 2.14. The maximum absolute atomic E-state index is 5.49. The predicted molar refractivity (Wildman–Crippen MR) is 159 cm³/mol. The fourth-order valence-electron chi connectivity index (χ4n) is 4.86. The molecule has 0 amide bonds. The maximum atomic E-state index is 5.49. The van der Waals surface area contributed by atoms with E-state index in [1.54, 1.807) is 42.7 Å². The van der Waals surface area contributed by atoms with Gasteiger partial charge in [-0.3, -0.25) is 0 Å². The topological polar surface area (TPSA) is 55.4 Å². The molecule has 0 bridgehead atoms. The Kier molecular flexibility index (Phi) is 9.79. The Bertz CT molecular complexity index is 1230. The molecule has 0 saturated carbocycles. The summed E-state index contributed by atoms with van der Waals surface area (Å²) < 4.78 is 32.8. The maximum Gasteiger partial charge on any atom is 0.203 e. The minimum absolute atomic E-state index is 0.616. The highest BCUT2D eigenvalue weighted by atomic mass is 16.5. The molecule has 6 nitrogen and oxygen atoms in total. The van der Waals surface area contributed by atoms with E-state index in [-0.39, 0.29) is 0 Å². The van der Waals surface area contributed by atoms with Crippen LogP contribution in [0, 0.1) is 0 Å². The minimum Gasteiger partial charge on any atom is -0.493 e. The molecule has 0 N–H and O–H groups in total. The lowest BCUT2D eigenvalue weighted by Crippen LogP contribution is -1.98. The van der Waals surface area contributed by atoms with Crippen LogP contribution in [0.2, 0.25) is 0 Å². The van der Waals surface area contributed by atoms with Gasteiger partial charge in [0.1, 0.15) is 0 Å². The summed E-state index contributed by atoms with van der Waals surface area (Å²) in [7, 11) is 9.80. The van der Waals surface area contributed by atoms with E-state index in [2.05, 4.69) is 48.5 Å². The Morgan fingerprint density at radius 1 is 0.350 bits per heavy atom. The summed E-state index contributed by atoms with van der Waals surface area (Å²) >= 11 is 0. The van der Waals surface area contributed by atoms with Crippen molar-refractivity contribution in [1.82, 2.24) is 0 Å². The molecule has 4 rings (SSSR count). The first kappa shape index (κ1) is 28.7. The van der Waals surface area contributed by atoms with Gasteiger partial charge < -0.3 is 28.4 Å². The smallest absolute Gasteiger partial charge is 0.203 e. The van der Waals surface area contributed by atoms with E-state index < -0.39 is 0 Å². The SMILES string of the molecule is COc1cc(CCc2ccc(-c3ccc(CCc4cc(OC)c(OC)c(OC)c4)cc3)cc2)cc(OC)c1OC. The average Bonchev–Trinajstić information content (AvgIpc) is 3.01. The summed E-state index contributed by atoms with van der Waals surface area (Å²) in [6, 6.07) is 25.6. The summed E-state index contributed by atoms with van der Waals surface area (Å²) in [6.45, 7) is 0. The first-order valence-electron chi connectivity index (χ1n) is 13.3. The normalized spacial score (nSPS) is 10.7. The lowest BCUT2D eigenvalue weighted by atomic mass is 9.98. The molecule has 0 atom stereocenters. The van der Waals surface area contributed by atoms with Gasteiger partial charge in [-0.2, -0.15) is 0 Å². The summed E-state index contributed by atoms with van der Waals surface area (Å²) in [6.07, 6.45) is 3.57. The van der Waals surface area contributed by atoms with Crippen molar-refractivity contribution in [3.05, 3.63) is 95.1 Å². The fraction of sp³-hybridized carbons (Fsp3) is 0.294. The van der Waals surface area contributed by atoms with Crippen molar-refractivity contribution in [2.24, 2.45) is 0 Å². The number of benzene rings is 4. The van der Waals surface area contributed by atoms with Gasteiger partial charge in [-0.1, -0.05) is 48.5 Å². The lowest BCUT2D eigenvalue weighted by molar-refractivity contribution is 0.324. The zero-order chi connectivity index (χ0) is 28.5. The first-order chi connectivity index (χ1) is 19.5. The van der Waals surface area contributed by atoms with Gasteiger partial charge in [0.05, 0.1) is 42.7 Å². The molecule has 40 heavy (non-hydrogen) atoms. The third kappa shape index (κ3) is 6.63. The molecule has 0 spiro atoms. The highest BCUT2D eigenvalue weighted by Crippen LogP contribution is 2.39. The summed E-state index contributed by atoms with van der Waals surface area (Å²) in [5.41, 5.74) is 7.24. The molecular weight excluding hydrogens is 504 g/mol. The van der Waals surface area contributed by atoms with Gasteiger partial charge in [-0.05, 0) is 83.3 Å². The molecular formula is C34H38O6. The van der Waals surface area contributed by atoms with Crippen molar-refractivity contribution in [2.75, 3.05) is 42.7 Å². The number of methoxy groups -OCH3 is 6. The molecule has 4 aromatic rings. The average molecular weight is 543 g/mol. The summed E-state index contributed by atoms with van der Waals surface area (Å²) in [5.74, 6) is 3.95. The molecule has 0 aliphatic rings. The van der Waals surface area contributed by atoms with Crippen LogP contribution in [0.25, 0.3) is 11.1 Å². The fourth-order valence-corrected chi connectivity index (χ4v) is 4.86. The Morgan fingerprint density at radius 3 is 0.875 bits per heavy atom. The number of aryl methyl sites for hydroxylation is 4. The molecule has 0 radical (unpaired) electrons. The summed E-state index contributed by atoms with van der Waals surface area (Å²) in [4.78, 5) is 0. The molecule has 4 aromatic carbocycles. The van der Waals surface area contributed by atoms with Crippen molar-refractivity contribution >= 4 is 0 Å². The Hall–Kier alpha value is -4.32. The second kappa shape index (κ2) is 13.7. The zero-order valence-corrected chi connectivity index (χ0v) is 24.2. The van der Waals surface area contributed by atoms with Crippen molar-refractivity contribution in [3.63, 3.8) is 0 Å². The van der Waals surface area contributed by atoms with E-state index in [9.17, 15) is 0 Å². The van der Waals surface area contributed by atoms with Crippen LogP contribution in [-0.2, 0) is 25.7 Å². The van der Waals surface area contributed by atoms with Crippen LogP contribution in [0.3, 0.4) is 0 Å². The van der Waals surface area contributed by atoms with Crippen molar-refractivity contribution in [2.45, 2.75) is 25.7 Å². The minimum atomic E-state index is 0.616. The number of hydrogen-bond acceptors (Lipinski definition) is 6. The second-order valence-electron chi connectivity index (χ2n) is 9.46. The Balaban J connectivity index is 1.37. The van der Waals surface area contributed by atoms with Crippen LogP contribution in [0.4, 0.5) is 0 Å². The van der Waals surface area contributed by atoms with Gasteiger partial charge in [0.15, 0.2) is 23.0 Å². The van der Waals surface area contributed by atoms with Crippen LogP contribution in [0.15, 0.2) is 72.8 Å². The molecule has 0 fully saturated rings. The van der Waals surface area contributed by atoms with E-state index in [1.165, 1.54) is 22.3 Å². The molecule has 0 aliphatic heterocycles. The number of rotatable bonds is 13. The Labute approximate surface area is 237 Å². The van der Waals surface area contributed by atoms with Crippen LogP contribution in [-0.4, -0.2) is 42.7 Å². The largest absolute Gasteiger partial charge is 0.493 e. The van der Waals surface area contributed by atoms with Crippen LogP contribution in [0.1, 0.15) is 22.3 Å². The van der Waals surface area contributed by atoms with Crippen LogP contribution < -0.4 is 28.4 Å². The lowest BCUT2D eigenvalue weighted by Gasteiger charge is -2.14. The van der Waals surface area contributed by atoms with Gasteiger partial charge in [0.25, 0.3) is 0 Å². The predicted octanol–water partition coefficient (Wildman–Crippen LogP) is 6.98. The van der Waals surface area contributed by atoms with Crippen molar-refractivity contribution < 1.29 is 28.4 Å². The van der Waals surface area contributed by atoms with Crippen molar-refractivity contribution in [1.29, 1.82) is 0 Å². The van der Waals surface area contributed by atoms with E-state index in [4.69, 9.17) is 28.4 Å². The molecule has 0 aromatic heterocycles. The van der Waals surface area contributed by atoms with E-state index in [0.717, 1.165) is 36.8 Å². The van der Waals surface area contributed by atoms with E-state index in [0.29, 0.717) is 34.5 Å². The Morgan fingerprint density at radius 2 is 0.625 bits per heavy atom. The van der Waals surface area contributed by atoms with E-state index in [1.807, 2.05) is 24.3 Å². The third-order valence-corrected chi connectivity index (χ3v) is 7.09. The highest BCUT2D eigenvalue weighted by molar-refractivity contribution is 5.64. The molecule has 0 unspecified atom stereocenters. The number of hydrogen-bond donors (Lipinski definition) is 0. The van der Waals surface area contributed by atoms with Gasteiger partial charge in [0.2, 0.25) is 11.5 Å². The molecule has 0 saturated heterocycles. The number of ether oxygens (including phenoxy) is 6. The molecule has 0 heterocycles. The quantitative estimate of drug-likeness (QED) is 0.182. The first-order valence-corrected chi connectivity index (χ1v) is 13.3. The van der Waals surface area contributed by atoms with E-state index >= 15 is 0 Å². The van der Waals surface area contributed by atoms with Gasteiger partial charge in [0, 0.05) is 0 Å². The molecule has 6 heteroatoms. The van der Waals surface area contributed by atoms with Gasteiger partial charge in [-0.25, -0.2) is 0 Å². The van der Waals surface area contributed by atoms with Crippen molar-refractivity contribution in [3.8, 4) is 45.6 Å². The zero-order valence-electron chi connectivity index (χ0n) is 24.2. The van der Waals surface area contributed by atoms with Crippen LogP contribution >= 0.6 is 0 Å². The second-order valence-corrected chi connectivity index (χ2v) is 9.46. The monoisotopic (exact) mass is 542 g/mol. The van der Waals surface area contributed by atoms with Gasteiger partial charge in [-0.15, -0.1) is 0 Å². The third-order valence-electron chi connectivity index (χ3n) is 7.09. The molecule has 210 valence electrons.